The van der Waals surface area contributed by atoms with E-state index in [2.05, 4.69) is 50.8 Å². The summed E-state index contributed by atoms with van der Waals surface area (Å²) in [7, 11) is 0. The lowest BCUT2D eigenvalue weighted by atomic mass is 9.75. The van der Waals surface area contributed by atoms with Crippen molar-refractivity contribution < 1.29 is 4.79 Å². The molecule has 2 aromatic carbocycles. The van der Waals surface area contributed by atoms with Crippen molar-refractivity contribution in [2.24, 2.45) is 11.8 Å². The normalized spacial score (nSPS) is 26.5. The van der Waals surface area contributed by atoms with Gasteiger partial charge in [-0.2, -0.15) is 0 Å². The molecule has 0 aromatic heterocycles. The molecule has 4 unspecified atom stereocenters. The Labute approximate surface area is 189 Å². The first-order chi connectivity index (χ1) is 15.2. The number of thioether (sulfide) groups is 1. The van der Waals surface area contributed by atoms with Gasteiger partial charge in [0.2, 0.25) is 0 Å². The predicted molar refractivity (Wildman–Crippen MR) is 129 cm³/mol. The zero-order valence-corrected chi connectivity index (χ0v) is 19.0. The molecule has 0 aliphatic carbocycles. The van der Waals surface area contributed by atoms with Crippen LogP contribution in [-0.4, -0.2) is 56.0 Å². The molecule has 4 aliphatic rings. The second-order valence-electron chi connectivity index (χ2n) is 9.09. The number of urea groups is 1. The molecule has 2 amide bonds. The molecule has 6 heteroatoms. The Morgan fingerprint density at radius 3 is 2.90 bits per heavy atom. The topological polar surface area (TPSA) is 47.6 Å². The van der Waals surface area contributed by atoms with Crippen LogP contribution in [0.15, 0.2) is 53.4 Å². The Balaban J connectivity index is 1.12. The number of hydrogen-bond donors (Lipinski definition) is 2. The summed E-state index contributed by atoms with van der Waals surface area (Å²) in [4.78, 5) is 18.8. The largest absolute Gasteiger partial charge is 0.371 e. The van der Waals surface area contributed by atoms with Crippen molar-refractivity contribution in [3.8, 4) is 0 Å². The molecule has 4 atom stereocenters. The van der Waals surface area contributed by atoms with Crippen LogP contribution < -0.4 is 15.5 Å². The fourth-order valence-corrected chi connectivity index (χ4v) is 6.09. The van der Waals surface area contributed by atoms with Crippen molar-refractivity contribution in [2.75, 3.05) is 49.2 Å². The van der Waals surface area contributed by atoms with Gasteiger partial charge in [-0.15, -0.1) is 11.8 Å². The Morgan fingerprint density at radius 2 is 2.06 bits per heavy atom. The van der Waals surface area contributed by atoms with Gasteiger partial charge in [0.25, 0.3) is 0 Å². The standard InChI is InChI=1S/C25H32N4OS/c1-31-23-7-4-6-21(14-23)27-25(30)26-15-22-13-19-10-11-28(22)16-20(19)17-29-12-9-18-5-2-3-8-24(18)29/h2-8,14,19-20,22H,9-13,15-17H2,1H3,(H2,26,27,30). The molecule has 3 saturated heterocycles. The fraction of sp³-hybridized carbons (Fsp3) is 0.480. The van der Waals surface area contributed by atoms with E-state index in [4.69, 9.17) is 0 Å². The Hall–Kier alpha value is -2.18. The van der Waals surface area contributed by atoms with Crippen LogP contribution in [0.3, 0.4) is 0 Å². The van der Waals surface area contributed by atoms with E-state index >= 15 is 0 Å². The molecular formula is C25H32N4OS. The molecule has 0 radical (unpaired) electrons. The number of fused-ring (bicyclic) bond motifs is 4. The number of piperidine rings is 3. The van der Waals surface area contributed by atoms with Gasteiger partial charge >= 0.3 is 6.03 Å². The number of nitrogens with one attached hydrogen (secondary N) is 2. The molecule has 2 N–H and O–H groups in total. The molecule has 2 aromatic rings. The van der Waals surface area contributed by atoms with E-state index in [9.17, 15) is 4.79 Å². The fourth-order valence-electron chi connectivity index (χ4n) is 5.63. The molecule has 31 heavy (non-hydrogen) atoms. The van der Waals surface area contributed by atoms with Gasteiger partial charge < -0.3 is 15.5 Å². The maximum Gasteiger partial charge on any atom is 0.319 e. The van der Waals surface area contributed by atoms with Crippen LogP contribution in [0.1, 0.15) is 18.4 Å². The lowest BCUT2D eigenvalue weighted by Crippen LogP contribution is -2.58. The maximum atomic E-state index is 12.4. The first-order valence-electron chi connectivity index (χ1n) is 11.5. The molecule has 2 bridgehead atoms. The number of carbonyl (C=O) groups excluding carboxylic acids is 1. The smallest absolute Gasteiger partial charge is 0.319 e. The first kappa shape index (κ1) is 20.7. The minimum absolute atomic E-state index is 0.105. The summed E-state index contributed by atoms with van der Waals surface area (Å²) in [6.45, 7) is 5.38. The van der Waals surface area contributed by atoms with E-state index in [1.54, 1.807) is 11.8 Å². The van der Waals surface area contributed by atoms with Gasteiger partial charge in [0.1, 0.15) is 0 Å². The number of para-hydroxylation sites is 1. The number of rotatable bonds is 6. The lowest BCUT2D eigenvalue weighted by molar-refractivity contribution is 0.00590. The number of hydrogen-bond acceptors (Lipinski definition) is 4. The van der Waals surface area contributed by atoms with Crippen LogP contribution in [0.25, 0.3) is 0 Å². The van der Waals surface area contributed by atoms with E-state index in [0.717, 1.165) is 42.1 Å². The highest BCUT2D eigenvalue weighted by Crippen LogP contribution is 2.38. The summed E-state index contributed by atoms with van der Waals surface area (Å²) in [6, 6.07) is 17.2. The minimum atomic E-state index is -0.105. The van der Waals surface area contributed by atoms with Gasteiger partial charge in [0.05, 0.1) is 0 Å². The predicted octanol–water partition coefficient (Wildman–Crippen LogP) is 4.30. The van der Waals surface area contributed by atoms with Crippen LogP contribution in [0, 0.1) is 11.8 Å². The van der Waals surface area contributed by atoms with Gasteiger partial charge in [-0.1, -0.05) is 24.3 Å². The minimum Gasteiger partial charge on any atom is -0.371 e. The second-order valence-corrected chi connectivity index (χ2v) is 9.96. The zero-order chi connectivity index (χ0) is 21.2. The van der Waals surface area contributed by atoms with Crippen molar-refractivity contribution in [1.29, 1.82) is 0 Å². The Kier molecular flexibility index (Phi) is 6.10. The second kappa shape index (κ2) is 9.13. The molecular weight excluding hydrogens is 404 g/mol. The van der Waals surface area contributed by atoms with Crippen molar-refractivity contribution >= 4 is 29.2 Å². The van der Waals surface area contributed by atoms with Crippen molar-refractivity contribution in [3.63, 3.8) is 0 Å². The van der Waals surface area contributed by atoms with Gasteiger partial charge in [-0.05, 0) is 73.7 Å². The van der Waals surface area contributed by atoms with E-state index in [1.807, 2.05) is 24.5 Å². The average molecular weight is 437 g/mol. The van der Waals surface area contributed by atoms with Gasteiger partial charge in [-0.25, -0.2) is 4.79 Å². The number of amides is 2. The van der Waals surface area contributed by atoms with Crippen LogP contribution in [0.2, 0.25) is 0 Å². The summed E-state index contributed by atoms with van der Waals surface area (Å²) in [5, 5.41) is 6.09. The average Bonchev–Trinajstić information content (AvgIpc) is 3.21. The molecule has 5 nitrogen and oxygen atoms in total. The zero-order valence-electron chi connectivity index (χ0n) is 18.2. The number of benzene rings is 2. The molecule has 4 heterocycles. The summed E-state index contributed by atoms with van der Waals surface area (Å²) in [5.74, 6) is 1.50. The summed E-state index contributed by atoms with van der Waals surface area (Å²) in [6.07, 6.45) is 5.72. The Bertz CT molecular complexity index is 935. The van der Waals surface area contributed by atoms with Gasteiger partial charge in [0, 0.05) is 48.5 Å². The lowest BCUT2D eigenvalue weighted by Gasteiger charge is -2.50. The van der Waals surface area contributed by atoms with E-state index in [-0.39, 0.29) is 6.03 Å². The van der Waals surface area contributed by atoms with E-state index < -0.39 is 0 Å². The molecule has 4 aliphatic heterocycles. The molecule has 6 rings (SSSR count). The van der Waals surface area contributed by atoms with Crippen molar-refractivity contribution in [3.05, 3.63) is 54.1 Å². The summed E-state index contributed by atoms with van der Waals surface area (Å²) in [5.41, 5.74) is 3.79. The molecule has 0 spiro atoms. The highest BCUT2D eigenvalue weighted by Gasteiger charge is 2.41. The first-order valence-corrected chi connectivity index (χ1v) is 12.7. The molecule has 164 valence electrons. The highest BCUT2D eigenvalue weighted by atomic mass is 32.2. The summed E-state index contributed by atoms with van der Waals surface area (Å²) >= 11 is 1.68. The summed E-state index contributed by atoms with van der Waals surface area (Å²) < 4.78 is 0. The number of carbonyl (C=O) groups is 1. The third-order valence-electron chi connectivity index (χ3n) is 7.28. The van der Waals surface area contributed by atoms with Gasteiger partial charge in [0.15, 0.2) is 0 Å². The third kappa shape index (κ3) is 4.55. The monoisotopic (exact) mass is 436 g/mol. The van der Waals surface area contributed by atoms with Crippen molar-refractivity contribution in [1.82, 2.24) is 10.2 Å². The van der Waals surface area contributed by atoms with Gasteiger partial charge in [-0.3, -0.25) is 4.90 Å². The molecule has 0 saturated carbocycles. The van der Waals surface area contributed by atoms with Crippen molar-refractivity contribution in [2.45, 2.75) is 30.2 Å². The maximum absolute atomic E-state index is 12.4. The quantitative estimate of drug-likeness (QED) is 0.663. The van der Waals surface area contributed by atoms with Crippen LogP contribution in [0.4, 0.5) is 16.2 Å². The van der Waals surface area contributed by atoms with E-state index in [0.29, 0.717) is 6.04 Å². The highest BCUT2D eigenvalue weighted by molar-refractivity contribution is 7.98. The van der Waals surface area contributed by atoms with Crippen LogP contribution in [-0.2, 0) is 6.42 Å². The number of anilines is 2. The SMILES string of the molecule is CSc1cccc(NC(=O)NCC2CC3CCN2CC3CN2CCc3ccccc32)c1. The number of nitrogens with zero attached hydrogens (tertiary/aromatic N) is 2. The molecule has 3 fully saturated rings. The van der Waals surface area contributed by atoms with E-state index in [1.165, 1.54) is 43.6 Å². The Morgan fingerprint density at radius 1 is 1.16 bits per heavy atom. The van der Waals surface area contributed by atoms with Crippen LogP contribution in [0.5, 0.6) is 0 Å². The third-order valence-corrected chi connectivity index (χ3v) is 8.00. The van der Waals surface area contributed by atoms with Crippen LogP contribution >= 0.6 is 11.8 Å².